The smallest absolute Gasteiger partial charge is 0.418 e. The third-order valence-corrected chi connectivity index (χ3v) is 1.93. The van der Waals surface area contributed by atoms with E-state index in [-0.39, 0.29) is 6.23 Å². The van der Waals surface area contributed by atoms with Crippen molar-refractivity contribution in [2.24, 2.45) is 7.05 Å². The molecule has 0 aromatic carbocycles. The second-order valence-corrected chi connectivity index (χ2v) is 3.50. The number of aromatic nitrogens is 2. The quantitative estimate of drug-likeness (QED) is 0.460. The van der Waals surface area contributed by atoms with Crippen LogP contribution in [0.2, 0.25) is 0 Å². The largest absolute Gasteiger partial charge is 0.673 e. The molecule has 100 valence electrons. The zero-order valence-corrected chi connectivity index (χ0v) is 10.1. The van der Waals surface area contributed by atoms with Crippen molar-refractivity contribution in [3.63, 3.8) is 0 Å². The molecule has 17 heavy (non-hydrogen) atoms. The standard InChI is InChI=1S/C9H17N2O.BF4/c1-4-5-9(12-3)11-7-6-10(2)8-11;2-1(3,4)5/h6-9H,4-5H2,1-3H3;/q+1;-1. The number of rotatable bonds is 4. The minimum absolute atomic E-state index is 0.191. The van der Waals surface area contributed by atoms with Gasteiger partial charge >= 0.3 is 7.25 Å². The SMILES string of the molecule is CCCC(OC)[n+]1ccn(C)c1.F[B-](F)(F)F. The molecule has 1 aromatic heterocycles. The molecular formula is C9H17BF4N2O. The van der Waals surface area contributed by atoms with E-state index in [1.54, 1.807) is 7.11 Å². The van der Waals surface area contributed by atoms with Crippen LogP contribution in [0.5, 0.6) is 0 Å². The molecule has 0 radical (unpaired) electrons. The minimum Gasteiger partial charge on any atom is -0.418 e. The van der Waals surface area contributed by atoms with Crippen LogP contribution in [-0.2, 0) is 11.8 Å². The highest BCUT2D eigenvalue weighted by Crippen LogP contribution is 2.06. The van der Waals surface area contributed by atoms with Crippen LogP contribution in [0.3, 0.4) is 0 Å². The van der Waals surface area contributed by atoms with Crippen molar-refractivity contribution >= 4 is 7.25 Å². The molecule has 1 atom stereocenters. The molecule has 0 aliphatic heterocycles. The first-order chi connectivity index (χ1) is 7.77. The van der Waals surface area contributed by atoms with Crippen LogP contribution in [0.1, 0.15) is 26.0 Å². The van der Waals surface area contributed by atoms with Crippen LogP contribution in [0.15, 0.2) is 18.7 Å². The number of imidazole rings is 1. The van der Waals surface area contributed by atoms with Gasteiger partial charge in [-0.1, -0.05) is 6.92 Å². The number of nitrogens with zero attached hydrogens (tertiary/aromatic N) is 2. The van der Waals surface area contributed by atoms with Crippen molar-refractivity contribution in [2.75, 3.05) is 7.11 Å². The molecule has 3 nitrogen and oxygen atoms in total. The summed E-state index contributed by atoms with van der Waals surface area (Å²) in [5.74, 6) is 0. The fourth-order valence-corrected chi connectivity index (χ4v) is 1.28. The average molecular weight is 256 g/mol. The Hall–Kier alpha value is -1.05. The monoisotopic (exact) mass is 256 g/mol. The van der Waals surface area contributed by atoms with Crippen molar-refractivity contribution < 1.29 is 26.6 Å². The molecule has 1 unspecified atom stereocenters. The van der Waals surface area contributed by atoms with Crippen molar-refractivity contribution in [2.45, 2.75) is 26.0 Å². The Morgan fingerprint density at radius 1 is 1.35 bits per heavy atom. The van der Waals surface area contributed by atoms with E-state index in [9.17, 15) is 17.3 Å². The predicted octanol–water partition coefficient (Wildman–Crippen LogP) is 2.56. The van der Waals surface area contributed by atoms with Gasteiger partial charge in [-0.3, -0.25) is 0 Å². The first-order valence-corrected chi connectivity index (χ1v) is 5.20. The topological polar surface area (TPSA) is 18.0 Å². The summed E-state index contributed by atoms with van der Waals surface area (Å²) in [4.78, 5) is 0. The molecule has 0 N–H and O–H groups in total. The average Bonchev–Trinajstić information content (AvgIpc) is 2.58. The van der Waals surface area contributed by atoms with E-state index in [1.165, 1.54) is 0 Å². The summed E-state index contributed by atoms with van der Waals surface area (Å²) >= 11 is 0. The molecule has 0 fully saturated rings. The summed E-state index contributed by atoms with van der Waals surface area (Å²) in [6.45, 7) is 2.16. The highest BCUT2D eigenvalue weighted by Gasteiger charge is 2.20. The summed E-state index contributed by atoms with van der Waals surface area (Å²) < 4.78 is 48.4. The Bertz CT molecular complexity index is 310. The first kappa shape index (κ1) is 16.0. The number of hydrogen-bond donors (Lipinski definition) is 0. The molecule has 0 saturated heterocycles. The van der Waals surface area contributed by atoms with Crippen LogP contribution < -0.4 is 4.57 Å². The van der Waals surface area contributed by atoms with E-state index in [2.05, 4.69) is 11.5 Å². The number of aryl methyl sites for hydroxylation is 1. The van der Waals surface area contributed by atoms with E-state index in [1.807, 2.05) is 30.3 Å². The minimum atomic E-state index is -6.00. The normalized spacial score (nSPS) is 12.9. The molecule has 1 rings (SSSR count). The fraction of sp³-hybridized carbons (Fsp3) is 0.667. The van der Waals surface area contributed by atoms with E-state index in [4.69, 9.17) is 4.74 Å². The van der Waals surface area contributed by atoms with E-state index in [0.29, 0.717) is 0 Å². The summed E-state index contributed by atoms with van der Waals surface area (Å²) in [6, 6.07) is 0. The van der Waals surface area contributed by atoms with Gasteiger partial charge in [0.25, 0.3) is 0 Å². The van der Waals surface area contributed by atoms with Crippen LogP contribution in [0.25, 0.3) is 0 Å². The van der Waals surface area contributed by atoms with E-state index in [0.717, 1.165) is 12.8 Å². The van der Waals surface area contributed by atoms with E-state index >= 15 is 0 Å². The van der Waals surface area contributed by atoms with Crippen molar-refractivity contribution in [1.82, 2.24) is 4.57 Å². The van der Waals surface area contributed by atoms with Crippen molar-refractivity contribution in [1.29, 1.82) is 0 Å². The molecule has 0 aliphatic carbocycles. The van der Waals surface area contributed by atoms with Crippen LogP contribution >= 0.6 is 0 Å². The van der Waals surface area contributed by atoms with Gasteiger partial charge in [0.05, 0.1) is 7.05 Å². The van der Waals surface area contributed by atoms with Gasteiger partial charge in [0.1, 0.15) is 12.4 Å². The second-order valence-electron chi connectivity index (χ2n) is 3.50. The third kappa shape index (κ3) is 8.73. The maximum absolute atomic E-state index is 9.75. The predicted molar refractivity (Wildman–Crippen MR) is 56.7 cm³/mol. The number of methoxy groups -OCH3 is 1. The highest BCUT2D eigenvalue weighted by atomic mass is 19.5. The van der Waals surface area contributed by atoms with Crippen molar-refractivity contribution in [3.05, 3.63) is 18.7 Å². The van der Waals surface area contributed by atoms with Gasteiger partial charge in [-0.25, -0.2) is 9.13 Å². The lowest BCUT2D eigenvalue weighted by atomic mass is 10.3. The summed E-state index contributed by atoms with van der Waals surface area (Å²) in [6.07, 6.45) is 8.47. The second kappa shape index (κ2) is 7.31. The molecular weight excluding hydrogens is 239 g/mol. The number of halogens is 4. The molecule has 0 amide bonds. The van der Waals surface area contributed by atoms with Gasteiger partial charge in [0.15, 0.2) is 0 Å². The van der Waals surface area contributed by atoms with Gasteiger partial charge in [-0.05, 0) is 6.42 Å². The maximum atomic E-state index is 9.75. The maximum Gasteiger partial charge on any atom is 0.673 e. The van der Waals surface area contributed by atoms with Crippen molar-refractivity contribution in [3.8, 4) is 0 Å². The van der Waals surface area contributed by atoms with Crippen LogP contribution in [0, 0.1) is 0 Å². The van der Waals surface area contributed by atoms with Gasteiger partial charge in [-0.15, -0.1) is 0 Å². The summed E-state index contributed by atoms with van der Waals surface area (Å²) in [5, 5.41) is 0. The van der Waals surface area contributed by atoms with Crippen LogP contribution in [0.4, 0.5) is 17.3 Å². The first-order valence-electron chi connectivity index (χ1n) is 5.20. The number of ether oxygens (including phenoxy) is 1. The Morgan fingerprint density at radius 3 is 2.18 bits per heavy atom. The van der Waals surface area contributed by atoms with Gasteiger partial charge in [-0.2, -0.15) is 0 Å². The summed E-state index contributed by atoms with van der Waals surface area (Å²) in [5.41, 5.74) is 0. The third-order valence-electron chi connectivity index (χ3n) is 1.93. The van der Waals surface area contributed by atoms with Crippen LogP contribution in [-0.4, -0.2) is 18.9 Å². The van der Waals surface area contributed by atoms with Gasteiger partial charge < -0.3 is 22.0 Å². The molecule has 1 aromatic rings. The molecule has 0 spiro atoms. The Kier molecular flexibility index (Phi) is 6.86. The summed E-state index contributed by atoms with van der Waals surface area (Å²) in [7, 11) is -2.24. The van der Waals surface area contributed by atoms with Gasteiger partial charge in [0.2, 0.25) is 12.6 Å². The zero-order valence-electron chi connectivity index (χ0n) is 10.1. The lowest BCUT2D eigenvalue weighted by Crippen LogP contribution is -2.38. The Balaban J connectivity index is 0.000000437. The molecule has 1 heterocycles. The zero-order chi connectivity index (χ0) is 13.5. The molecule has 0 bridgehead atoms. The molecule has 0 aliphatic rings. The molecule has 8 heteroatoms. The van der Waals surface area contributed by atoms with Gasteiger partial charge in [0, 0.05) is 13.5 Å². The lowest BCUT2D eigenvalue weighted by molar-refractivity contribution is -0.761. The lowest BCUT2D eigenvalue weighted by Gasteiger charge is -2.09. The molecule has 0 saturated carbocycles. The highest BCUT2D eigenvalue weighted by molar-refractivity contribution is 6.50. The Labute approximate surface area is 98.1 Å². The Morgan fingerprint density at radius 2 is 1.88 bits per heavy atom. The number of hydrogen-bond acceptors (Lipinski definition) is 1. The van der Waals surface area contributed by atoms with E-state index < -0.39 is 7.25 Å². The fourth-order valence-electron chi connectivity index (χ4n) is 1.28.